The lowest BCUT2D eigenvalue weighted by Crippen LogP contribution is -2.31. The second-order valence-corrected chi connectivity index (χ2v) is 5.51. The number of amides is 1. The van der Waals surface area contributed by atoms with Gasteiger partial charge in [0.05, 0.1) is 6.42 Å². The SMILES string of the molecule is Nc1ccc2c(c1)CC(=O)N2CCCN1CCCC1. The Kier molecular flexibility index (Phi) is 3.42. The second-order valence-electron chi connectivity index (χ2n) is 5.51. The van der Waals surface area contributed by atoms with Gasteiger partial charge in [0.25, 0.3) is 0 Å². The zero-order chi connectivity index (χ0) is 13.2. The Morgan fingerprint density at radius 3 is 2.74 bits per heavy atom. The summed E-state index contributed by atoms with van der Waals surface area (Å²) in [4.78, 5) is 16.5. The molecule has 4 nitrogen and oxygen atoms in total. The molecule has 2 heterocycles. The molecule has 2 aliphatic rings. The van der Waals surface area contributed by atoms with E-state index in [4.69, 9.17) is 5.73 Å². The summed E-state index contributed by atoms with van der Waals surface area (Å²) < 4.78 is 0. The van der Waals surface area contributed by atoms with Crippen LogP contribution in [0.5, 0.6) is 0 Å². The van der Waals surface area contributed by atoms with Gasteiger partial charge >= 0.3 is 0 Å². The number of nitrogens with two attached hydrogens (primary N) is 1. The maximum Gasteiger partial charge on any atom is 0.231 e. The first-order valence-electron chi connectivity index (χ1n) is 7.15. The molecule has 3 rings (SSSR count). The Balaban J connectivity index is 1.60. The van der Waals surface area contributed by atoms with Crippen molar-refractivity contribution < 1.29 is 4.79 Å². The molecule has 2 aliphatic heterocycles. The number of benzene rings is 1. The molecule has 0 aromatic heterocycles. The highest BCUT2D eigenvalue weighted by Gasteiger charge is 2.26. The van der Waals surface area contributed by atoms with E-state index in [1.807, 2.05) is 23.1 Å². The van der Waals surface area contributed by atoms with Gasteiger partial charge in [-0.05, 0) is 62.7 Å². The van der Waals surface area contributed by atoms with Crippen LogP contribution in [0, 0.1) is 0 Å². The van der Waals surface area contributed by atoms with Crippen molar-refractivity contribution in [3.8, 4) is 0 Å². The van der Waals surface area contributed by atoms with Gasteiger partial charge in [-0.25, -0.2) is 0 Å². The number of nitrogen functional groups attached to an aromatic ring is 1. The largest absolute Gasteiger partial charge is 0.399 e. The molecule has 102 valence electrons. The van der Waals surface area contributed by atoms with E-state index < -0.39 is 0 Å². The molecule has 2 N–H and O–H groups in total. The van der Waals surface area contributed by atoms with Crippen LogP contribution in [0.25, 0.3) is 0 Å². The van der Waals surface area contributed by atoms with Crippen LogP contribution in [0.1, 0.15) is 24.8 Å². The molecule has 0 bridgehead atoms. The van der Waals surface area contributed by atoms with Gasteiger partial charge < -0.3 is 15.5 Å². The first-order chi connectivity index (χ1) is 9.24. The minimum Gasteiger partial charge on any atom is -0.399 e. The summed E-state index contributed by atoms with van der Waals surface area (Å²) in [6.07, 6.45) is 4.20. The zero-order valence-corrected chi connectivity index (χ0v) is 11.3. The number of fused-ring (bicyclic) bond motifs is 1. The number of carbonyl (C=O) groups excluding carboxylic acids is 1. The number of anilines is 2. The molecular formula is C15H21N3O. The third-order valence-corrected chi connectivity index (χ3v) is 4.09. The quantitative estimate of drug-likeness (QED) is 0.836. The lowest BCUT2D eigenvalue weighted by molar-refractivity contribution is -0.117. The predicted octanol–water partition coefficient (Wildman–Crippen LogP) is 1.64. The molecule has 1 fully saturated rings. The van der Waals surface area contributed by atoms with Crippen molar-refractivity contribution in [3.05, 3.63) is 23.8 Å². The van der Waals surface area contributed by atoms with E-state index in [9.17, 15) is 4.79 Å². The lowest BCUT2D eigenvalue weighted by Gasteiger charge is -2.20. The van der Waals surface area contributed by atoms with Gasteiger partial charge in [0.1, 0.15) is 0 Å². The fraction of sp³-hybridized carbons (Fsp3) is 0.533. The Bertz CT molecular complexity index is 480. The zero-order valence-electron chi connectivity index (χ0n) is 11.3. The molecule has 0 atom stereocenters. The maximum absolute atomic E-state index is 12.0. The summed E-state index contributed by atoms with van der Waals surface area (Å²) in [6.45, 7) is 4.38. The molecule has 1 aromatic rings. The molecule has 0 radical (unpaired) electrons. The monoisotopic (exact) mass is 259 g/mol. The van der Waals surface area contributed by atoms with Crippen molar-refractivity contribution in [3.63, 3.8) is 0 Å². The van der Waals surface area contributed by atoms with Crippen molar-refractivity contribution in [2.24, 2.45) is 0 Å². The Labute approximate surface area is 114 Å². The number of hydrogen-bond acceptors (Lipinski definition) is 3. The van der Waals surface area contributed by atoms with Gasteiger partial charge in [-0.15, -0.1) is 0 Å². The predicted molar refractivity (Wildman–Crippen MR) is 77.2 cm³/mol. The standard InChI is InChI=1S/C15H21N3O/c16-13-4-5-14-12(10-13)11-15(19)18(14)9-3-8-17-6-1-2-7-17/h4-5,10H,1-3,6-9,11,16H2. The first-order valence-corrected chi connectivity index (χ1v) is 7.15. The minimum atomic E-state index is 0.210. The summed E-state index contributed by atoms with van der Waals surface area (Å²) in [6, 6.07) is 5.78. The number of nitrogens with zero attached hydrogens (tertiary/aromatic N) is 2. The molecule has 0 aliphatic carbocycles. The highest BCUT2D eigenvalue weighted by molar-refractivity contribution is 6.01. The van der Waals surface area contributed by atoms with Crippen LogP contribution in [0.2, 0.25) is 0 Å². The molecule has 0 spiro atoms. The minimum absolute atomic E-state index is 0.210. The van der Waals surface area contributed by atoms with Gasteiger partial charge in [0.2, 0.25) is 5.91 Å². The maximum atomic E-state index is 12.0. The molecule has 4 heteroatoms. The van der Waals surface area contributed by atoms with Gasteiger partial charge in [-0.2, -0.15) is 0 Å². The van der Waals surface area contributed by atoms with Crippen LogP contribution < -0.4 is 10.6 Å². The highest BCUT2D eigenvalue weighted by Crippen LogP contribution is 2.30. The first kappa shape index (κ1) is 12.5. The summed E-state index contributed by atoms with van der Waals surface area (Å²) in [5.41, 5.74) is 8.64. The molecule has 0 unspecified atom stereocenters. The Hall–Kier alpha value is -1.55. The Morgan fingerprint density at radius 2 is 1.95 bits per heavy atom. The van der Waals surface area contributed by atoms with Crippen molar-refractivity contribution in [2.45, 2.75) is 25.7 Å². The summed E-state index contributed by atoms with van der Waals surface area (Å²) in [5, 5.41) is 0. The number of hydrogen-bond donors (Lipinski definition) is 1. The Morgan fingerprint density at radius 1 is 1.16 bits per heavy atom. The molecule has 1 aromatic carbocycles. The van der Waals surface area contributed by atoms with Gasteiger partial charge in [0, 0.05) is 17.9 Å². The fourth-order valence-electron chi connectivity index (χ4n) is 3.11. The van der Waals surface area contributed by atoms with E-state index in [0.29, 0.717) is 6.42 Å². The second kappa shape index (κ2) is 5.21. The van der Waals surface area contributed by atoms with Crippen molar-refractivity contribution in [1.82, 2.24) is 4.90 Å². The highest BCUT2D eigenvalue weighted by atomic mass is 16.2. The van der Waals surface area contributed by atoms with Crippen molar-refractivity contribution in [2.75, 3.05) is 36.8 Å². The number of rotatable bonds is 4. The van der Waals surface area contributed by atoms with Crippen LogP contribution in [0.3, 0.4) is 0 Å². The molecule has 19 heavy (non-hydrogen) atoms. The van der Waals surface area contributed by atoms with Gasteiger partial charge in [-0.1, -0.05) is 0 Å². The normalized spacial score (nSPS) is 19.2. The summed E-state index contributed by atoms with van der Waals surface area (Å²) in [5.74, 6) is 0.210. The number of likely N-dealkylation sites (tertiary alicyclic amines) is 1. The van der Waals surface area contributed by atoms with E-state index in [1.165, 1.54) is 25.9 Å². The summed E-state index contributed by atoms with van der Waals surface area (Å²) >= 11 is 0. The lowest BCUT2D eigenvalue weighted by atomic mass is 10.1. The average Bonchev–Trinajstić information content (AvgIpc) is 2.98. The smallest absolute Gasteiger partial charge is 0.231 e. The topological polar surface area (TPSA) is 49.6 Å². The fourth-order valence-corrected chi connectivity index (χ4v) is 3.11. The van der Waals surface area contributed by atoms with E-state index in [1.54, 1.807) is 0 Å². The van der Waals surface area contributed by atoms with Crippen LogP contribution in [0.15, 0.2) is 18.2 Å². The van der Waals surface area contributed by atoms with Crippen molar-refractivity contribution in [1.29, 1.82) is 0 Å². The average molecular weight is 259 g/mol. The van der Waals surface area contributed by atoms with E-state index in [0.717, 1.165) is 36.4 Å². The third kappa shape index (κ3) is 2.59. The van der Waals surface area contributed by atoms with Gasteiger partial charge in [0.15, 0.2) is 0 Å². The van der Waals surface area contributed by atoms with E-state index in [2.05, 4.69) is 4.90 Å². The van der Waals surface area contributed by atoms with Gasteiger partial charge in [-0.3, -0.25) is 4.79 Å². The van der Waals surface area contributed by atoms with Crippen LogP contribution in [-0.2, 0) is 11.2 Å². The molecule has 1 saturated heterocycles. The van der Waals surface area contributed by atoms with E-state index >= 15 is 0 Å². The van der Waals surface area contributed by atoms with E-state index in [-0.39, 0.29) is 5.91 Å². The number of carbonyl (C=O) groups is 1. The van der Waals surface area contributed by atoms with Crippen molar-refractivity contribution >= 4 is 17.3 Å². The van der Waals surface area contributed by atoms with Crippen LogP contribution in [-0.4, -0.2) is 37.0 Å². The molecular weight excluding hydrogens is 238 g/mol. The van der Waals surface area contributed by atoms with Crippen LogP contribution >= 0.6 is 0 Å². The summed E-state index contributed by atoms with van der Waals surface area (Å²) in [7, 11) is 0. The van der Waals surface area contributed by atoms with Crippen LogP contribution in [0.4, 0.5) is 11.4 Å². The third-order valence-electron chi connectivity index (χ3n) is 4.09. The molecule has 0 saturated carbocycles. The molecule has 1 amide bonds.